The number of aromatic nitrogens is 2. The molecule has 1 aliphatic heterocycles. The number of nitrogens with zero attached hydrogens (tertiary/aromatic N) is 3. The van der Waals surface area contributed by atoms with Crippen molar-refractivity contribution in [3.63, 3.8) is 0 Å². The van der Waals surface area contributed by atoms with Crippen LogP contribution in [0.5, 0.6) is 0 Å². The SMILES string of the molecule is Cc1c(CN2CCc3c(-c4cccc(C(=O)O)c4)ccc(CNC(=O)[C@H]4C[C@@H]4c4ccccc4)c3C2)ncn1C. The highest BCUT2D eigenvalue weighted by Gasteiger charge is 2.43. The second kappa shape index (κ2) is 10.7. The molecule has 4 aromatic rings. The highest BCUT2D eigenvalue weighted by Crippen LogP contribution is 2.47. The molecule has 0 spiro atoms. The van der Waals surface area contributed by atoms with Gasteiger partial charge in [0, 0.05) is 44.8 Å². The third-order valence-corrected chi connectivity index (χ3v) is 8.52. The molecule has 204 valence electrons. The lowest BCUT2D eigenvalue weighted by atomic mass is 9.87. The zero-order valence-electron chi connectivity index (χ0n) is 22.9. The number of rotatable bonds is 8. The molecule has 2 heterocycles. The summed E-state index contributed by atoms with van der Waals surface area (Å²) >= 11 is 0. The summed E-state index contributed by atoms with van der Waals surface area (Å²) in [6, 6.07) is 21.6. The number of carbonyl (C=O) groups excluding carboxylic acids is 1. The van der Waals surface area contributed by atoms with Gasteiger partial charge in [-0.2, -0.15) is 0 Å². The number of fused-ring (bicyclic) bond motifs is 1. The Hall–Kier alpha value is -4.23. The van der Waals surface area contributed by atoms with Crippen LogP contribution in [-0.2, 0) is 37.9 Å². The first-order chi connectivity index (χ1) is 19.4. The zero-order chi connectivity index (χ0) is 27.8. The van der Waals surface area contributed by atoms with E-state index in [0.29, 0.717) is 12.5 Å². The van der Waals surface area contributed by atoms with Crippen molar-refractivity contribution < 1.29 is 14.7 Å². The van der Waals surface area contributed by atoms with E-state index in [9.17, 15) is 14.7 Å². The van der Waals surface area contributed by atoms with Gasteiger partial charge in [0.15, 0.2) is 0 Å². The van der Waals surface area contributed by atoms with Crippen molar-refractivity contribution >= 4 is 11.9 Å². The van der Waals surface area contributed by atoms with E-state index in [1.807, 2.05) is 42.2 Å². The van der Waals surface area contributed by atoms with E-state index in [4.69, 9.17) is 0 Å². The standard InChI is InChI=1S/C33H34N4O3/c1-21-31(35-20-36(21)2)19-37-14-13-27-26(23-9-6-10-24(15-23)33(39)40)12-11-25(30(27)18-37)17-34-32(38)29-16-28(29)22-7-4-3-5-8-22/h3-12,15,20,28-29H,13-14,16-19H2,1-2H3,(H,34,38)(H,39,40)/t28-,29+/m1/s1. The van der Waals surface area contributed by atoms with Crippen molar-refractivity contribution in [2.24, 2.45) is 13.0 Å². The fraction of sp³-hybridized carbons (Fsp3) is 0.303. The van der Waals surface area contributed by atoms with Gasteiger partial charge >= 0.3 is 5.97 Å². The lowest BCUT2D eigenvalue weighted by Crippen LogP contribution is -2.33. The van der Waals surface area contributed by atoms with Crippen molar-refractivity contribution in [2.75, 3.05) is 6.54 Å². The fourth-order valence-corrected chi connectivity index (χ4v) is 5.96. The molecule has 2 aliphatic rings. The number of hydrogen-bond acceptors (Lipinski definition) is 4. The minimum absolute atomic E-state index is 0.0277. The van der Waals surface area contributed by atoms with E-state index in [1.165, 1.54) is 16.7 Å². The molecule has 40 heavy (non-hydrogen) atoms. The maximum absolute atomic E-state index is 13.1. The predicted octanol–water partition coefficient (Wildman–Crippen LogP) is 5.07. The highest BCUT2D eigenvalue weighted by molar-refractivity contribution is 5.89. The molecule has 6 rings (SSSR count). The second-order valence-electron chi connectivity index (χ2n) is 11.0. The molecule has 3 aromatic carbocycles. The molecule has 7 nitrogen and oxygen atoms in total. The molecule has 0 unspecified atom stereocenters. The molecule has 0 saturated heterocycles. The molecule has 1 aliphatic carbocycles. The molecule has 1 fully saturated rings. The van der Waals surface area contributed by atoms with Crippen molar-refractivity contribution in [1.82, 2.24) is 19.8 Å². The van der Waals surface area contributed by atoms with Gasteiger partial charge in [-0.3, -0.25) is 9.69 Å². The van der Waals surface area contributed by atoms with E-state index in [2.05, 4.69) is 46.4 Å². The smallest absolute Gasteiger partial charge is 0.335 e. The van der Waals surface area contributed by atoms with Crippen LogP contribution in [0.4, 0.5) is 0 Å². The molecule has 2 atom stereocenters. The molecule has 7 heteroatoms. The van der Waals surface area contributed by atoms with Crippen LogP contribution in [0.25, 0.3) is 11.1 Å². The summed E-state index contributed by atoms with van der Waals surface area (Å²) in [5.74, 6) is -0.491. The summed E-state index contributed by atoms with van der Waals surface area (Å²) < 4.78 is 2.04. The normalized spacial score (nSPS) is 18.2. The quantitative estimate of drug-likeness (QED) is 0.330. The largest absolute Gasteiger partial charge is 0.478 e. The average molecular weight is 535 g/mol. The number of aromatic carboxylic acids is 1. The van der Waals surface area contributed by atoms with E-state index < -0.39 is 5.97 Å². The maximum atomic E-state index is 13.1. The van der Waals surface area contributed by atoms with Gasteiger partial charge in [0.25, 0.3) is 0 Å². The monoisotopic (exact) mass is 534 g/mol. The first kappa shape index (κ1) is 26.0. The number of carboxylic acids is 1. The Balaban J connectivity index is 1.26. The van der Waals surface area contributed by atoms with E-state index in [-0.39, 0.29) is 17.4 Å². The fourth-order valence-electron chi connectivity index (χ4n) is 5.96. The minimum atomic E-state index is -0.930. The Morgan fingerprint density at radius 3 is 2.62 bits per heavy atom. The molecule has 2 N–H and O–H groups in total. The number of carboxylic acid groups (broad SMARTS) is 1. The van der Waals surface area contributed by atoms with Crippen LogP contribution >= 0.6 is 0 Å². The van der Waals surface area contributed by atoms with Crippen molar-refractivity contribution in [3.8, 4) is 11.1 Å². The number of hydrogen-bond donors (Lipinski definition) is 2. The average Bonchev–Trinajstić information content (AvgIpc) is 3.73. The van der Waals surface area contributed by atoms with Crippen LogP contribution in [-0.4, -0.2) is 38.0 Å². The van der Waals surface area contributed by atoms with Gasteiger partial charge in [0.1, 0.15) is 0 Å². The van der Waals surface area contributed by atoms with Crippen LogP contribution in [0, 0.1) is 12.8 Å². The number of imidazole rings is 1. The van der Waals surface area contributed by atoms with Gasteiger partial charge in [-0.1, -0.05) is 54.6 Å². The van der Waals surface area contributed by atoms with Crippen molar-refractivity contribution in [2.45, 2.75) is 45.3 Å². The van der Waals surface area contributed by atoms with E-state index in [1.54, 1.807) is 18.2 Å². The van der Waals surface area contributed by atoms with E-state index >= 15 is 0 Å². The summed E-state index contributed by atoms with van der Waals surface area (Å²) in [5.41, 5.74) is 9.28. The minimum Gasteiger partial charge on any atom is -0.478 e. The van der Waals surface area contributed by atoms with Gasteiger partial charge in [-0.25, -0.2) is 9.78 Å². The van der Waals surface area contributed by atoms with Crippen molar-refractivity contribution in [1.29, 1.82) is 0 Å². The Bertz CT molecular complexity index is 1580. The van der Waals surface area contributed by atoms with Crippen LogP contribution in [0.1, 0.15) is 56.3 Å². The Morgan fingerprint density at radius 1 is 1.05 bits per heavy atom. The third-order valence-electron chi connectivity index (χ3n) is 8.52. The molecule has 1 amide bonds. The topological polar surface area (TPSA) is 87.5 Å². The lowest BCUT2D eigenvalue weighted by Gasteiger charge is -2.32. The number of aryl methyl sites for hydroxylation is 1. The van der Waals surface area contributed by atoms with Crippen LogP contribution in [0.15, 0.2) is 73.1 Å². The Morgan fingerprint density at radius 2 is 1.88 bits per heavy atom. The molecule has 0 bridgehead atoms. The van der Waals surface area contributed by atoms with Crippen LogP contribution < -0.4 is 5.32 Å². The number of amides is 1. The summed E-state index contributed by atoms with van der Waals surface area (Å²) in [7, 11) is 2.01. The van der Waals surface area contributed by atoms with Crippen molar-refractivity contribution in [3.05, 3.63) is 112 Å². The number of nitrogens with one attached hydrogen (secondary N) is 1. The first-order valence-corrected chi connectivity index (χ1v) is 13.9. The van der Waals surface area contributed by atoms with Gasteiger partial charge in [0.2, 0.25) is 5.91 Å². The first-order valence-electron chi connectivity index (χ1n) is 13.9. The van der Waals surface area contributed by atoms with Gasteiger partial charge in [0.05, 0.1) is 17.6 Å². The van der Waals surface area contributed by atoms with E-state index in [0.717, 1.165) is 60.6 Å². The number of carbonyl (C=O) groups is 2. The van der Waals surface area contributed by atoms with Gasteiger partial charge in [-0.15, -0.1) is 0 Å². The second-order valence-corrected chi connectivity index (χ2v) is 11.0. The highest BCUT2D eigenvalue weighted by atomic mass is 16.4. The summed E-state index contributed by atoms with van der Waals surface area (Å²) in [6.45, 7) is 4.96. The molecular formula is C33H34N4O3. The Kier molecular flexibility index (Phi) is 6.98. The van der Waals surface area contributed by atoms with Crippen LogP contribution in [0.2, 0.25) is 0 Å². The molecule has 1 aromatic heterocycles. The predicted molar refractivity (Wildman–Crippen MR) is 154 cm³/mol. The summed E-state index contributed by atoms with van der Waals surface area (Å²) in [5, 5.41) is 12.8. The third kappa shape index (κ3) is 5.17. The zero-order valence-corrected chi connectivity index (χ0v) is 22.9. The van der Waals surface area contributed by atoms with Gasteiger partial charge in [-0.05, 0) is 71.2 Å². The molecule has 0 radical (unpaired) electrons. The molecule has 1 saturated carbocycles. The molecular weight excluding hydrogens is 500 g/mol. The Labute approximate surface area is 234 Å². The summed E-state index contributed by atoms with van der Waals surface area (Å²) in [6.07, 6.45) is 3.59. The summed E-state index contributed by atoms with van der Waals surface area (Å²) in [4.78, 5) is 31.7. The lowest BCUT2D eigenvalue weighted by molar-refractivity contribution is -0.122. The van der Waals surface area contributed by atoms with Crippen LogP contribution in [0.3, 0.4) is 0 Å². The number of benzene rings is 3. The maximum Gasteiger partial charge on any atom is 0.335 e. The van der Waals surface area contributed by atoms with Gasteiger partial charge < -0.3 is 15.0 Å².